The zero-order valence-corrected chi connectivity index (χ0v) is 16.4. The number of sulfonamides is 1. The number of ether oxygens (including phenoxy) is 1. The van der Waals surface area contributed by atoms with Crippen molar-refractivity contribution in [2.24, 2.45) is 0 Å². The fourth-order valence-electron chi connectivity index (χ4n) is 2.52. The Balaban J connectivity index is 1.77. The van der Waals surface area contributed by atoms with Crippen LogP contribution < -0.4 is 4.72 Å². The lowest BCUT2D eigenvalue weighted by atomic mass is 10.1. The summed E-state index contributed by atoms with van der Waals surface area (Å²) in [6.45, 7) is 3.43. The van der Waals surface area contributed by atoms with Gasteiger partial charge in [0.15, 0.2) is 0 Å². The molecule has 0 bridgehead atoms. The lowest BCUT2D eigenvalue weighted by molar-refractivity contribution is 0.0600. The zero-order valence-electron chi connectivity index (χ0n) is 15.6. The van der Waals surface area contributed by atoms with Gasteiger partial charge in [-0.2, -0.15) is 4.98 Å². The second-order valence-electron chi connectivity index (χ2n) is 6.17. The molecule has 2 aromatic carbocycles. The summed E-state index contributed by atoms with van der Waals surface area (Å²) in [5.74, 6) is -0.116. The van der Waals surface area contributed by atoms with E-state index in [9.17, 15) is 13.2 Å². The van der Waals surface area contributed by atoms with Gasteiger partial charge in [-0.25, -0.2) is 17.9 Å². The molecule has 0 aliphatic carbocycles. The summed E-state index contributed by atoms with van der Waals surface area (Å²) in [4.78, 5) is 15.9. The van der Waals surface area contributed by atoms with E-state index >= 15 is 0 Å². The van der Waals surface area contributed by atoms with Crippen LogP contribution in [-0.4, -0.2) is 31.6 Å². The number of methoxy groups -OCH3 is 1. The summed E-state index contributed by atoms with van der Waals surface area (Å²) in [7, 11) is -2.67. The quantitative estimate of drug-likeness (QED) is 0.632. The van der Waals surface area contributed by atoms with E-state index in [-0.39, 0.29) is 22.9 Å². The molecular weight excluding hydrogens is 382 g/mol. The number of nitrogens with one attached hydrogen (secondary N) is 1. The highest BCUT2D eigenvalue weighted by molar-refractivity contribution is 7.89. The molecule has 146 valence electrons. The third-order valence-electron chi connectivity index (χ3n) is 4.09. The van der Waals surface area contributed by atoms with Crippen molar-refractivity contribution in [2.75, 3.05) is 7.11 Å². The molecule has 0 fully saturated rings. The molecule has 0 aliphatic rings. The average Bonchev–Trinajstić information content (AvgIpc) is 3.16. The van der Waals surface area contributed by atoms with Crippen molar-refractivity contribution in [1.82, 2.24) is 14.9 Å². The molecule has 0 atom stereocenters. The first-order valence-corrected chi connectivity index (χ1v) is 9.87. The maximum Gasteiger partial charge on any atom is 0.337 e. The molecule has 9 heteroatoms. The van der Waals surface area contributed by atoms with E-state index in [0.717, 1.165) is 11.1 Å². The highest BCUT2D eigenvalue weighted by Crippen LogP contribution is 2.19. The Labute approximate surface area is 162 Å². The third kappa shape index (κ3) is 4.26. The molecular formula is C19H19N3O5S. The predicted octanol–water partition coefficient (Wildman–Crippen LogP) is 2.62. The first-order valence-electron chi connectivity index (χ1n) is 8.38. The van der Waals surface area contributed by atoms with Gasteiger partial charge in [-0.3, -0.25) is 0 Å². The Morgan fingerprint density at radius 1 is 1.14 bits per heavy atom. The molecule has 0 unspecified atom stereocenters. The van der Waals surface area contributed by atoms with Crippen molar-refractivity contribution in [3.05, 3.63) is 65.0 Å². The lowest BCUT2D eigenvalue weighted by Gasteiger charge is -2.09. The van der Waals surface area contributed by atoms with Crippen LogP contribution in [0.15, 0.2) is 51.9 Å². The standard InChI is InChI=1S/C19H19N3O5S/c1-12-4-7-14(8-5-12)18-21-17(27-22-18)11-20-28(24,25)16-10-15(19(23)26-3)9-6-13(16)2/h4-10,20H,11H2,1-3H3. The van der Waals surface area contributed by atoms with Gasteiger partial charge in [0, 0.05) is 5.56 Å². The van der Waals surface area contributed by atoms with Crippen LogP contribution in [0.3, 0.4) is 0 Å². The fourth-order valence-corrected chi connectivity index (χ4v) is 3.76. The molecule has 1 aromatic heterocycles. The maximum absolute atomic E-state index is 12.7. The largest absolute Gasteiger partial charge is 0.465 e. The number of aromatic nitrogens is 2. The summed E-state index contributed by atoms with van der Waals surface area (Å²) in [6.07, 6.45) is 0. The number of carbonyl (C=O) groups is 1. The summed E-state index contributed by atoms with van der Waals surface area (Å²) < 4.78 is 37.5. The Bertz CT molecular complexity index is 1100. The van der Waals surface area contributed by atoms with Gasteiger partial charge in [-0.05, 0) is 31.5 Å². The number of hydrogen-bond acceptors (Lipinski definition) is 7. The molecule has 0 saturated heterocycles. The van der Waals surface area contributed by atoms with Crippen LogP contribution in [0, 0.1) is 13.8 Å². The van der Waals surface area contributed by atoms with Crippen LogP contribution >= 0.6 is 0 Å². The van der Waals surface area contributed by atoms with Crippen molar-refractivity contribution >= 4 is 16.0 Å². The number of hydrogen-bond donors (Lipinski definition) is 1. The Morgan fingerprint density at radius 3 is 2.54 bits per heavy atom. The number of nitrogens with zero attached hydrogens (tertiary/aromatic N) is 2. The van der Waals surface area contributed by atoms with E-state index in [2.05, 4.69) is 19.6 Å². The number of carbonyl (C=O) groups excluding carboxylic acids is 1. The smallest absolute Gasteiger partial charge is 0.337 e. The van der Waals surface area contributed by atoms with E-state index in [1.165, 1.54) is 19.2 Å². The SMILES string of the molecule is COC(=O)c1ccc(C)c(S(=O)(=O)NCc2nc(-c3ccc(C)cc3)no2)c1. The maximum atomic E-state index is 12.7. The minimum atomic E-state index is -3.90. The Kier molecular flexibility index (Phi) is 5.57. The minimum absolute atomic E-state index is 0.0197. The Hall–Kier alpha value is -3.04. The third-order valence-corrected chi connectivity index (χ3v) is 5.63. The van der Waals surface area contributed by atoms with E-state index in [4.69, 9.17) is 4.52 Å². The van der Waals surface area contributed by atoms with Gasteiger partial charge in [0.1, 0.15) is 0 Å². The molecule has 1 N–H and O–H groups in total. The first kappa shape index (κ1) is 19.7. The molecule has 0 spiro atoms. The van der Waals surface area contributed by atoms with Gasteiger partial charge in [0.25, 0.3) is 0 Å². The van der Waals surface area contributed by atoms with Crippen molar-refractivity contribution in [3.63, 3.8) is 0 Å². The van der Waals surface area contributed by atoms with E-state index in [1.807, 2.05) is 31.2 Å². The van der Waals surface area contributed by atoms with Crippen LogP contribution in [0.2, 0.25) is 0 Å². The minimum Gasteiger partial charge on any atom is -0.465 e. The highest BCUT2D eigenvalue weighted by atomic mass is 32.2. The number of rotatable bonds is 6. The first-order chi connectivity index (χ1) is 13.3. The van der Waals surface area contributed by atoms with Gasteiger partial charge < -0.3 is 9.26 Å². The molecule has 28 heavy (non-hydrogen) atoms. The second kappa shape index (κ2) is 7.91. The summed E-state index contributed by atoms with van der Waals surface area (Å²) in [5, 5.41) is 3.87. The molecule has 8 nitrogen and oxygen atoms in total. The predicted molar refractivity (Wildman–Crippen MR) is 101 cm³/mol. The van der Waals surface area contributed by atoms with Gasteiger partial charge in [-0.15, -0.1) is 0 Å². The highest BCUT2D eigenvalue weighted by Gasteiger charge is 2.20. The number of aryl methyl sites for hydroxylation is 2. The average molecular weight is 401 g/mol. The zero-order chi connectivity index (χ0) is 20.3. The van der Waals surface area contributed by atoms with Gasteiger partial charge in [0.05, 0.1) is 24.1 Å². The van der Waals surface area contributed by atoms with Crippen LogP contribution in [0.1, 0.15) is 27.4 Å². The van der Waals surface area contributed by atoms with E-state index in [0.29, 0.717) is 11.4 Å². The molecule has 0 saturated carbocycles. The van der Waals surface area contributed by atoms with E-state index in [1.54, 1.807) is 13.0 Å². The molecule has 0 aliphatic heterocycles. The molecule has 0 radical (unpaired) electrons. The van der Waals surface area contributed by atoms with Crippen molar-refractivity contribution < 1.29 is 22.5 Å². The number of esters is 1. The normalized spacial score (nSPS) is 11.4. The lowest BCUT2D eigenvalue weighted by Crippen LogP contribution is -2.24. The van der Waals surface area contributed by atoms with Gasteiger partial charge >= 0.3 is 5.97 Å². The monoisotopic (exact) mass is 401 g/mol. The van der Waals surface area contributed by atoms with Gasteiger partial charge in [0.2, 0.25) is 21.7 Å². The fraction of sp³-hybridized carbons (Fsp3) is 0.211. The van der Waals surface area contributed by atoms with Crippen LogP contribution in [-0.2, 0) is 21.3 Å². The molecule has 0 amide bonds. The van der Waals surface area contributed by atoms with E-state index < -0.39 is 16.0 Å². The Morgan fingerprint density at radius 2 is 1.86 bits per heavy atom. The van der Waals surface area contributed by atoms with Gasteiger partial charge in [-0.1, -0.05) is 41.1 Å². The summed E-state index contributed by atoms with van der Waals surface area (Å²) in [6, 6.07) is 11.9. The number of benzene rings is 2. The van der Waals surface area contributed by atoms with Crippen LogP contribution in [0.5, 0.6) is 0 Å². The summed E-state index contributed by atoms with van der Waals surface area (Å²) in [5.41, 5.74) is 2.51. The second-order valence-corrected chi connectivity index (χ2v) is 7.91. The molecule has 3 aromatic rings. The van der Waals surface area contributed by atoms with Crippen LogP contribution in [0.4, 0.5) is 0 Å². The van der Waals surface area contributed by atoms with Crippen molar-refractivity contribution in [2.45, 2.75) is 25.3 Å². The topological polar surface area (TPSA) is 111 Å². The van der Waals surface area contributed by atoms with Crippen molar-refractivity contribution in [3.8, 4) is 11.4 Å². The molecule has 3 rings (SSSR count). The summed E-state index contributed by atoms with van der Waals surface area (Å²) >= 11 is 0. The molecule has 1 heterocycles. The van der Waals surface area contributed by atoms with Crippen molar-refractivity contribution in [1.29, 1.82) is 0 Å². The van der Waals surface area contributed by atoms with Crippen LogP contribution in [0.25, 0.3) is 11.4 Å².